The van der Waals surface area contributed by atoms with Crippen LogP contribution in [0.25, 0.3) is 0 Å². The summed E-state index contributed by atoms with van der Waals surface area (Å²) in [5, 5.41) is 4.50. The third kappa shape index (κ3) is 3.62. The first-order valence-corrected chi connectivity index (χ1v) is 8.46. The number of hydrogen-bond acceptors (Lipinski definition) is 3. The zero-order valence-electron chi connectivity index (χ0n) is 11.5. The number of rotatable bonds is 6. The molecule has 0 aromatic rings. The number of hydrogen-bond donors (Lipinski definition) is 1. The van der Waals surface area contributed by atoms with Crippen molar-refractivity contribution in [2.75, 3.05) is 31.9 Å². The van der Waals surface area contributed by atoms with Crippen molar-refractivity contribution in [1.82, 2.24) is 10.2 Å². The molecular formula is C14H28N2S. The van der Waals surface area contributed by atoms with Crippen LogP contribution in [0.3, 0.4) is 0 Å². The van der Waals surface area contributed by atoms with E-state index in [1.807, 2.05) is 0 Å². The summed E-state index contributed by atoms with van der Waals surface area (Å²) in [7, 11) is 0. The van der Waals surface area contributed by atoms with Crippen LogP contribution in [-0.2, 0) is 0 Å². The second-order valence-corrected chi connectivity index (χ2v) is 6.91. The van der Waals surface area contributed by atoms with Gasteiger partial charge in [-0.2, -0.15) is 11.8 Å². The van der Waals surface area contributed by atoms with E-state index in [0.29, 0.717) is 0 Å². The zero-order valence-corrected chi connectivity index (χ0v) is 12.3. The van der Waals surface area contributed by atoms with Gasteiger partial charge in [-0.05, 0) is 44.7 Å². The molecule has 0 amide bonds. The van der Waals surface area contributed by atoms with E-state index >= 15 is 0 Å². The molecule has 2 aliphatic rings. The second-order valence-electron chi connectivity index (χ2n) is 5.50. The standard InChI is InChI=1S/C14H28N2S/c1-3-7-15-10-12-5-6-14(12)16-8-9-17-13(4-2)11-16/h12-15H,3-11H2,1-2H3. The molecule has 3 atom stereocenters. The molecule has 3 unspecified atom stereocenters. The van der Waals surface area contributed by atoms with Gasteiger partial charge in [0.25, 0.3) is 0 Å². The van der Waals surface area contributed by atoms with E-state index in [-0.39, 0.29) is 0 Å². The Kier molecular flexibility index (Phi) is 5.64. The van der Waals surface area contributed by atoms with Gasteiger partial charge < -0.3 is 5.32 Å². The molecule has 0 aromatic heterocycles. The summed E-state index contributed by atoms with van der Waals surface area (Å²) >= 11 is 2.18. The van der Waals surface area contributed by atoms with E-state index in [2.05, 4.69) is 35.8 Å². The van der Waals surface area contributed by atoms with Crippen LogP contribution in [0.2, 0.25) is 0 Å². The molecular weight excluding hydrogens is 228 g/mol. The van der Waals surface area contributed by atoms with Gasteiger partial charge in [-0.3, -0.25) is 4.90 Å². The van der Waals surface area contributed by atoms with Crippen LogP contribution < -0.4 is 5.32 Å². The Morgan fingerprint density at radius 2 is 2.18 bits per heavy atom. The minimum Gasteiger partial charge on any atom is -0.316 e. The highest BCUT2D eigenvalue weighted by atomic mass is 32.2. The van der Waals surface area contributed by atoms with Crippen LogP contribution in [-0.4, -0.2) is 48.1 Å². The van der Waals surface area contributed by atoms with Gasteiger partial charge in [0, 0.05) is 30.1 Å². The van der Waals surface area contributed by atoms with Crippen molar-refractivity contribution in [2.24, 2.45) is 5.92 Å². The summed E-state index contributed by atoms with van der Waals surface area (Å²) < 4.78 is 0. The van der Waals surface area contributed by atoms with Crippen molar-refractivity contribution >= 4 is 11.8 Å². The number of nitrogens with one attached hydrogen (secondary N) is 1. The number of nitrogens with zero attached hydrogens (tertiary/aromatic N) is 1. The fraction of sp³-hybridized carbons (Fsp3) is 1.00. The summed E-state index contributed by atoms with van der Waals surface area (Å²) in [6, 6.07) is 0.898. The quantitative estimate of drug-likeness (QED) is 0.735. The highest BCUT2D eigenvalue weighted by Gasteiger charge is 2.36. The molecule has 0 bridgehead atoms. The molecule has 1 aliphatic carbocycles. The van der Waals surface area contributed by atoms with Crippen molar-refractivity contribution in [3.63, 3.8) is 0 Å². The summed E-state index contributed by atoms with van der Waals surface area (Å²) in [5.74, 6) is 2.28. The van der Waals surface area contributed by atoms with Crippen LogP contribution in [0.4, 0.5) is 0 Å². The van der Waals surface area contributed by atoms with Crippen LogP contribution >= 0.6 is 11.8 Å². The normalized spacial score (nSPS) is 34.6. The summed E-state index contributed by atoms with van der Waals surface area (Å²) in [6.45, 7) is 9.70. The summed E-state index contributed by atoms with van der Waals surface area (Å²) in [4.78, 5) is 2.78. The van der Waals surface area contributed by atoms with E-state index in [9.17, 15) is 0 Å². The van der Waals surface area contributed by atoms with Crippen molar-refractivity contribution in [2.45, 2.75) is 50.8 Å². The summed E-state index contributed by atoms with van der Waals surface area (Å²) in [5.41, 5.74) is 0. The van der Waals surface area contributed by atoms with Crippen LogP contribution in [0, 0.1) is 5.92 Å². The van der Waals surface area contributed by atoms with E-state index < -0.39 is 0 Å². The first kappa shape index (κ1) is 13.7. The van der Waals surface area contributed by atoms with Crippen molar-refractivity contribution < 1.29 is 0 Å². The van der Waals surface area contributed by atoms with E-state index in [0.717, 1.165) is 17.2 Å². The minimum absolute atomic E-state index is 0.897. The lowest BCUT2D eigenvalue weighted by atomic mass is 9.78. The van der Waals surface area contributed by atoms with E-state index in [1.54, 1.807) is 0 Å². The highest BCUT2D eigenvalue weighted by molar-refractivity contribution is 8.00. The van der Waals surface area contributed by atoms with E-state index in [1.165, 1.54) is 57.6 Å². The van der Waals surface area contributed by atoms with Gasteiger partial charge in [0.05, 0.1) is 0 Å². The lowest BCUT2D eigenvalue weighted by molar-refractivity contribution is 0.0644. The predicted molar refractivity (Wildman–Crippen MR) is 77.8 cm³/mol. The molecule has 2 rings (SSSR count). The fourth-order valence-electron chi connectivity index (χ4n) is 3.02. The molecule has 0 spiro atoms. The Morgan fingerprint density at radius 1 is 1.29 bits per heavy atom. The molecule has 2 fully saturated rings. The van der Waals surface area contributed by atoms with Crippen molar-refractivity contribution in [3.05, 3.63) is 0 Å². The molecule has 2 nitrogen and oxygen atoms in total. The monoisotopic (exact) mass is 256 g/mol. The molecule has 1 saturated heterocycles. The predicted octanol–water partition coefficient (Wildman–Crippen LogP) is 2.59. The van der Waals surface area contributed by atoms with Crippen LogP contribution in [0.15, 0.2) is 0 Å². The average Bonchev–Trinajstić information content (AvgIpc) is 2.33. The first-order chi connectivity index (χ1) is 8.35. The van der Waals surface area contributed by atoms with Crippen LogP contribution in [0.5, 0.6) is 0 Å². The maximum Gasteiger partial charge on any atom is 0.0172 e. The SMILES string of the molecule is CCCNCC1CCC1N1CCSC(CC)C1. The van der Waals surface area contributed by atoms with Gasteiger partial charge in [-0.25, -0.2) is 0 Å². The second kappa shape index (κ2) is 7.01. The van der Waals surface area contributed by atoms with Gasteiger partial charge in [0.1, 0.15) is 0 Å². The summed E-state index contributed by atoms with van der Waals surface area (Å²) in [6.07, 6.45) is 5.49. The van der Waals surface area contributed by atoms with E-state index in [4.69, 9.17) is 0 Å². The topological polar surface area (TPSA) is 15.3 Å². The van der Waals surface area contributed by atoms with Crippen molar-refractivity contribution in [3.8, 4) is 0 Å². The van der Waals surface area contributed by atoms with Gasteiger partial charge in [0.2, 0.25) is 0 Å². The van der Waals surface area contributed by atoms with Gasteiger partial charge in [0.15, 0.2) is 0 Å². The third-order valence-electron chi connectivity index (χ3n) is 4.31. The highest BCUT2D eigenvalue weighted by Crippen LogP contribution is 2.34. The molecule has 3 heteroatoms. The third-order valence-corrected chi connectivity index (χ3v) is 5.68. The zero-order chi connectivity index (χ0) is 12.1. The van der Waals surface area contributed by atoms with Gasteiger partial charge >= 0.3 is 0 Å². The maximum absolute atomic E-state index is 3.60. The largest absolute Gasteiger partial charge is 0.316 e. The Morgan fingerprint density at radius 3 is 2.82 bits per heavy atom. The molecule has 1 aliphatic heterocycles. The lowest BCUT2D eigenvalue weighted by Gasteiger charge is -2.47. The molecule has 1 N–H and O–H groups in total. The number of thioether (sulfide) groups is 1. The molecule has 0 radical (unpaired) electrons. The maximum atomic E-state index is 3.60. The van der Waals surface area contributed by atoms with Crippen molar-refractivity contribution in [1.29, 1.82) is 0 Å². The first-order valence-electron chi connectivity index (χ1n) is 7.41. The van der Waals surface area contributed by atoms with Gasteiger partial charge in [-0.1, -0.05) is 13.8 Å². The Balaban J connectivity index is 1.73. The molecule has 17 heavy (non-hydrogen) atoms. The fourth-order valence-corrected chi connectivity index (χ4v) is 4.23. The average molecular weight is 256 g/mol. The van der Waals surface area contributed by atoms with Crippen LogP contribution in [0.1, 0.15) is 39.5 Å². The Labute approximate surface area is 111 Å². The lowest BCUT2D eigenvalue weighted by Crippen LogP contribution is -2.54. The Hall–Kier alpha value is 0.270. The molecule has 1 heterocycles. The van der Waals surface area contributed by atoms with Gasteiger partial charge in [-0.15, -0.1) is 0 Å². The molecule has 100 valence electrons. The smallest absolute Gasteiger partial charge is 0.0172 e. The minimum atomic E-state index is 0.897. The molecule has 0 aromatic carbocycles. The molecule has 1 saturated carbocycles. The Bertz CT molecular complexity index is 222.